The van der Waals surface area contributed by atoms with Crippen molar-refractivity contribution in [3.8, 4) is 0 Å². The molecule has 0 bridgehead atoms. The Morgan fingerprint density at radius 2 is 1.93 bits per heavy atom. The second kappa shape index (κ2) is 4.16. The maximum absolute atomic E-state index is 12.8. The Bertz CT molecular complexity index is 348. The highest BCUT2D eigenvalue weighted by Gasteiger charge is 2.34. The van der Waals surface area contributed by atoms with Crippen molar-refractivity contribution in [3.05, 3.63) is 35.1 Å². The number of hydrogen-bond donors (Lipinski definition) is 1. The van der Waals surface area contributed by atoms with Crippen molar-refractivity contribution in [3.63, 3.8) is 0 Å². The van der Waals surface area contributed by atoms with Crippen LogP contribution in [0.25, 0.3) is 0 Å². The molecule has 0 fully saturated rings. The van der Waals surface area contributed by atoms with E-state index < -0.39 is 23.8 Å². The predicted molar refractivity (Wildman–Crippen MR) is 43.4 cm³/mol. The molecular weight excluding hydrogens is 216 g/mol. The molecule has 1 aromatic rings. The molecule has 1 aromatic carbocycles. The summed E-state index contributed by atoms with van der Waals surface area (Å²) in [7, 11) is 1.13. The highest BCUT2D eigenvalue weighted by atomic mass is 19.4. The van der Waals surface area contributed by atoms with E-state index in [4.69, 9.17) is 5.11 Å². The summed E-state index contributed by atoms with van der Waals surface area (Å²) in [4.78, 5) is 0. The number of halogens is 4. The van der Waals surface area contributed by atoms with Crippen molar-refractivity contribution >= 4 is 0 Å². The van der Waals surface area contributed by atoms with Crippen LogP contribution in [0.1, 0.15) is 17.4 Å². The van der Waals surface area contributed by atoms with Crippen molar-refractivity contribution in [1.29, 1.82) is 0 Å². The smallest absolute Gasteiger partial charge is 0.364 e. The van der Waals surface area contributed by atoms with Crippen molar-refractivity contribution in [2.24, 2.45) is 0 Å². The lowest BCUT2D eigenvalue weighted by atomic mass is 10.1. The first-order chi connectivity index (χ1) is 6.86. The van der Waals surface area contributed by atoms with Crippen LogP contribution in [0.2, 0.25) is 0 Å². The van der Waals surface area contributed by atoms with Gasteiger partial charge < -0.3 is 9.84 Å². The molecule has 15 heavy (non-hydrogen) atoms. The van der Waals surface area contributed by atoms with Gasteiger partial charge in [0.15, 0.2) is 6.29 Å². The number of ether oxygens (including phenoxy) is 1. The van der Waals surface area contributed by atoms with E-state index in [0.29, 0.717) is 12.1 Å². The fraction of sp³-hybridized carbons (Fsp3) is 0.333. The van der Waals surface area contributed by atoms with Gasteiger partial charge in [0.1, 0.15) is 5.82 Å². The van der Waals surface area contributed by atoms with Crippen LogP contribution in [-0.4, -0.2) is 12.2 Å². The fourth-order valence-corrected chi connectivity index (χ4v) is 1.05. The third kappa shape index (κ3) is 2.66. The average Bonchev–Trinajstić information content (AvgIpc) is 2.15. The number of benzene rings is 1. The van der Waals surface area contributed by atoms with E-state index in [-0.39, 0.29) is 5.56 Å². The van der Waals surface area contributed by atoms with Crippen molar-refractivity contribution in [2.75, 3.05) is 7.11 Å². The maximum Gasteiger partial charge on any atom is 0.419 e. The van der Waals surface area contributed by atoms with Crippen LogP contribution in [0, 0.1) is 5.82 Å². The Hall–Kier alpha value is -1.14. The van der Waals surface area contributed by atoms with E-state index in [2.05, 4.69) is 4.74 Å². The Kier molecular flexibility index (Phi) is 3.31. The molecule has 0 saturated heterocycles. The van der Waals surface area contributed by atoms with Gasteiger partial charge in [0, 0.05) is 12.7 Å². The van der Waals surface area contributed by atoms with Crippen LogP contribution >= 0.6 is 0 Å². The van der Waals surface area contributed by atoms with Gasteiger partial charge >= 0.3 is 6.18 Å². The van der Waals surface area contributed by atoms with E-state index in [9.17, 15) is 17.6 Å². The van der Waals surface area contributed by atoms with E-state index in [1.807, 2.05) is 0 Å². The van der Waals surface area contributed by atoms with E-state index in [0.717, 1.165) is 13.2 Å². The molecule has 2 nitrogen and oxygen atoms in total. The molecule has 0 aliphatic carbocycles. The van der Waals surface area contributed by atoms with Gasteiger partial charge in [-0.05, 0) is 12.1 Å². The summed E-state index contributed by atoms with van der Waals surface area (Å²) in [5, 5.41) is 9.10. The van der Waals surface area contributed by atoms with Crippen LogP contribution in [0.15, 0.2) is 18.2 Å². The summed E-state index contributed by atoms with van der Waals surface area (Å²) in [5.41, 5.74) is -1.57. The number of methoxy groups -OCH3 is 1. The molecule has 1 unspecified atom stereocenters. The van der Waals surface area contributed by atoms with Crippen LogP contribution in [0.5, 0.6) is 0 Å². The number of alkyl halides is 3. The average molecular weight is 224 g/mol. The van der Waals surface area contributed by atoms with Crippen LogP contribution < -0.4 is 0 Å². The topological polar surface area (TPSA) is 29.5 Å². The fourth-order valence-electron chi connectivity index (χ4n) is 1.05. The molecule has 1 N–H and O–H groups in total. The quantitative estimate of drug-likeness (QED) is 0.617. The molecule has 0 spiro atoms. The van der Waals surface area contributed by atoms with Crippen molar-refractivity contribution in [1.82, 2.24) is 0 Å². The number of aliphatic hydroxyl groups is 1. The first-order valence-electron chi connectivity index (χ1n) is 3.93. The lowest BCUT2D eigenvalue weighted by Crippen LogP contribution is -2.10. The second-order valence-electron chi connectivity index (χ2n) is 2.83. The SMILES string of the molecule is COC(O)c1ccc(F)c(C(F)(F)F)c1. The van der Waals surface area contributed by atoms with E-state index in [1.54, 1.807) is 0 Å². The highest BCUT2D eigenvalue weighted by molar-refractivity contribution is 5.27. The first-order valence-corrected chi connectivity index (χ1v) is 3.93. The van der Waals surface area contributed by atoms with Crippen LogP contribution in [0.3, 0.4) is 0 Å². The summed E-state index contributed by atoms with van der Waals surface area (Å²) in [6.07, 6.45) is -6.28. The number of hydrogen-bond acceptors (Lipinski definition) is 2. The van der Waals surface area contributed by atoms with Gasteiger partial charge in [0.2, 0.25) is 0 Å². The Balaban J connectivity index is 3.17. The molecule has 1 rings (SSSR count). The Morgan fingerprint density at radius 3 is 2.40 bits per heavy atom. The molecule has 0 aliphatic heterocycles. The lowest BCUT2D eigenvalue weighted by Gasteiger charge is -2.12. The zero-order chi connectivity index (χ0) is 11.6. The van der Waals surface area contributed by atoms with E-state index >= 15 is 0 Å². The Morgan fingerprint density at radius 1 is 1.33 bits per heavy atom. The van der Waals surface area contributed by atoms with Gasteiger partial charge in [0.25, 0.3) is 0 Å². The third-order valence-electron chi connectivity index (χ3n) is 1.80. The maximum atomic E-state index is 12.8. The molecular formula is C9H8F4O2. The van der Waals surface area contributed by atoms with E-state index in [1.165, 1.54) is 0 Å². The molecule has 0 aliphatic rings. The van der Waals surface area contributed by atoms with Gasteiger partial charge in [-0.15, -0.1) is 0 Å². The van der Waals surface area contributed by atoms with Crippen molar-refractivity contribution < 1.29 is 27.4 Å². The van der Waals surface area contributed by atoms with Gasteiger partial charge in [-0.2, -0.15) is 13.2 Å². The monoisotopic (exact) mass is 224 g/mol. The van der Waals surface area contributed by atoms with Crippen LogP contribution in [-0.2, 0) is 10.9 Å². The van der Waals surface area contributed by atoms with Gasteiger partial charge in [-0.1, -0.05) is 6.07 Å². The summed E-state index contributed by atoms with van der Waals surface area (Å²) < 4.78 is 53.9. The molecule has 0 aromatic heterocycles. The first kappa shape index (κ1) is 11.9. The number of rotatable bonds is 2. The zero-order valence-electron chi connectivity index (χ0n) is 7.68. The normalized spacial score (nSPS) is 14.0. The second-order valence-corrected chi connectivity index (χ2v) is 2.83. The molecule has 0 amide bonds. The summed E-state index contributed by atoms with van der Waals surface area (Å²) in [5.74, 6) is -1.38. The minimum absolute atomic E-state index is 0.147. The van der Waals surface area contributed by atoms with Gasteiger partial charge in [-0.3, -0.25) is 0 Å². The summed E-state index contributed by atoms with van der Waals surface area (Å²) >= 11 is 0. The molecule has 1 atom stereocenters. The minimum atomic E-state index is -4.78. The van der Waals surface area contributed by atoms with Gasteiger partial charge in [-0.25, -0.2) is 4.39 Å². The number of aliphatic hydroxyl groups excluding tert-OH is 1. The summed E-state index contributed by atoms with van der Waals surface area (Å²) in [6.45, 7) is 0. The predicted octanol–water partition coefficient (Wildman–Crippen LogP) is 2.48. The highest BCUT2D eigenvalue weighted by Crippen LogP contribution is 2.32. The molecule has 6 heteroatoms. The Labute approximate surface area is 83.1 Å². The van der Waals surface area contributed by atoms with Gasteiger partial charge in [0.05, 0.1) is 5.56 Å². The molecule has 0 radical (unpaired) electrons. The third-order valence-corrected chi connectivity index (χ3v) is 1.80. The van der Waals surface area contributed by atoms with Crippen molar-refractivity contribution in [2.45, 2.75) is 12.5 Å². The summed E-state index contributed by atoms with van der Waals surface area (Å²) in [6, 6.07) is 2.18. The largest absolute Gasteiger partial charge is 0.419 e. The lowest BCUT2D eigenvalue weighted by molar-refractivity contribution is -0.140. The minimum Gasteiger partial charge on any atom is -0.364 e. The molecule has 84 valence electrons. The van der Waals surface area contributed by atoms with Crippen LogP contribution in [0.4, 0.5) is 17.6 Å². The zero-order valence-corrected chi connectivity index (χ0v) is 7.68. The molecule has 0 heterocycles. The standard InChI is InChI=1S/C9H8F4O2/c1-15-8(14)5-2-3-7(10)6(4-5)9(11,12)13/h2-4,8,14H,1H3. The molecule has 0 saturated carbocycles.